The van der Waals surface area contributed by atoms with Crippen molar-refractivity contribution in [1.82, 2.24) is 0 Å². The van der Waals surface area contributed by atoms with E-state index in [9.17, 15) is 4.39 Å². The average Bonchev–Trinajstić information content (AvgIpc) is 2.80. The summed E-state index contributed by atoms with van der Waals surface area (Å²) in [5, 5.41) is -0.249. The van der Waals surface area contributed by atoms with Crippen molar-refractivity contribution in [3.8, 4) is 0 Å². The Balaban J connectivity index is 2.17. The molecule has 0 aliphatic heterocycles. The maximum Gasteiger partial charge on any atom is 0.126 e. The van der Waals surface area contributed by atoms with Gasteiger partial charge in [-0.3, -0.25) is 0 Å². The van der Waals surface area contributed by atoms with Gasteiger partial charge < -0.3 is 4.42 Å². The number of hydrogen-bond donors (Lipinski definition) is 0. The normalized spacial score (nSPS) is 12.6. The highest BCUT2D eigenvalue weighted by molar-refractivity contribution is 6.21. The van der Waals surface area contributed by atoms with Crippen LogP contribution in [0.25, 0.3) is 0 Å². The second-order valence-corrected chi connectivity index (χ2v) is 4.44. The molecule has 0 radical (unpaired) electrons. The summed E-state index contributed by atoms with van der Waals surface area (Å²) < 4.78 is 18.8. The van der Waals surface area contributed by atoms with Gasteiger partial charge in [0.2, 0.25) is 0 Å². The minimum absolute atomic E-state index is 0.209. The molecule has 90 valence electrons. The van der Waals surface area contributed by atoms with Crippen LogP contribution in [-0.4, -0.2) is 0 Å². The van der Waals surface area contributed by atoms with Crippen LogP contribution in [0.4, 0.5) is 4.39 Å². The molecule has 0 aliphatic carbocycles. The predicted octanol–water partition coefficient (Wildman–Crippen LogP) is 4.50. The van der Waals surface area contributed by atoms with E-state index in [-0.39, 0.29) is 11.2 Å². The Morgan fingerprint density at radius 1 is 1.29 bits per heavy atom. The van der Waals surface area contributed by atoms with Crippen molar-refractivity contribution in [2.75, 3.05) is 0 Å². The smallest absolute Gasteiger partial charge is 0.126 e. The second kappa shape index (κ2) is 5.37. The molecule has 2 rings (SSSR count). The summed E-state index contributed by atoms with van der Waals surface area (Å²) in [7, 11) is 0. The third kappa shape index (κ3) is 2.70. The molecular formula is C14H14ClFO. The highest BCUT2D eigenvalue weighted by atomic mass is 35.5. The van der Waals surface area contributed by atoms with Gasteiger partial charge in [0.15, 0.2) is 0 Å². The Kier molecular flexibility index (Phi) is 3.85. The molecule has 0 saturated heterocycles. The topological polar surface area (TPSA) is 13.1 Å². The standard InChI is InChI=1S/C14H14ClFO/c1-2-14-11(7-8-17-14)12(15)9-10-5-3-4-6-13(10)16/h3-8,12H,2,9H2,1H3. The first-order chi connectivity index (χ1) is 8.22. The number of alkyl halides is 1. The molecule has 2 aromatic rings. The Hall–Kier alpha value is -1.28. The maximum atomic E-state index is 13.5. The van der Waals surface area contributed by atoms with Crippen molar-refractivity contribution in [3.63, 3.8) is 0 Å². The molecule has 1 aromatic heterocycles. The van der Waals surface area contributed by atoms with Crippen molar-refractivity contribution < 1.29 is 8.81 Å². The van der Waals surface area contributed by atoms with Crippen molar-refractivity contribution in [2.24, 2.45) is 0 Å². The van der Waals surface area contributed by atoms with E-state index in [2.05, 4.69) is 0 Å². The molecular weight excluding hydrogens is 239 g/mol. The summed E-state index contributed by atoms with van der Waals surface area (Å²) in [6.45, 7) is 2.01. The number of halogens is 2. The zero-order valence-corrected chi connectivity index (χ0v) is 10.4. The molecule has 0 bridgehead atoms. The van der Waals surface area contributed by atoms with E-state index >= 15 is 0 Å². The number of benzene rings is 1. The van der Waals surface area contributed by atoms with E-state index in [0.717, 1.165) is 17.7 Å². The molecule has 1 atom stereocenters. The lowest BCUT2D eigenvalue weighted by molar-refractivity contribution is 0.510. The lowest BCUT2D eigenvalue weighted by Crippen LogP contribution is -1.99. The predicted molar refractivity (Wildman–Crippen MR) is 66.8 cm³/mol. The molecule has 1 unspecified atom stereocenters. The van der Waals surface area contributed by atoms with E-state index in [4.69, 9.17) is 16.0 Å². The van der Waals surface area contributed by atoms with Crippen molar-refractivity contribution in [3.05, 3.63) is 59.3 Å². The third-order valence-corrected chi connectivity index (χ3v) is 3.18. The van der Waals surface area contributed by atoms with E-state index in [1.165, 1.54) is 6.07 Å². The highest BCUT2D eigenvalue weighted by Gasteiger charge is 2.16. The lowest BCUT2D eigenvalue weighted by Gasteiger charge is -2.10. The average molecular weight is 253 g/mol. The first-order valence-corrected chi connectivity index (χ1v) is 6.09. The molecule has 0 aliphatic rings. The van der Waals surface area contributed by atoms with E-state index in [0.29, 0.717) is 12.0 Å². The first-order valence-electron chi connectivity index (χ1n) is 5.66. The number of furan rings is 1. The van der Waals surface area contributed by atoms with Crippen LogP contribution in [0.1, 0.15) is 29.2 Å². The number of aryl methyl sites for hydroxylation is 1. The minimum atomic E-state index is -0.249. The molecule has 0 amide bonds. The SMILES string of the molecule is CCc1occc1C(Cl)Cc1ccccc1F. The van der Waals surface area contributed by atoms with Gasteiger partial charge in [0.1, 0.15) is 11.6 Å². The van der Waals surface area contributed by atoms with Crippen LogP contribution >= 0.6 is 11.6 Å². The summed E-state index contributed by atoms with van der Waals surface area (Å²) in [6.07, 6.45) is 2.90. The van der Waals surface area contributed by atoms with E-state index in [1.54, 1.807) is 18.4 Å². The zero-order valence-electron chi connectivity index (χ0n) is 9.62. The Bertz CT molecular complexity index is 492. The fraction of sp³-hybridized carbons (Fsp3) is 0.286. The summed E-state index contributed by atoms with van der Waals surface area (Å²) in [6, 6.07) is 8.57. The Morgan fingerprint density at radius 2 is 2.06 bits per heavy atom. The molecule has 0 saturated carbocycles. The zero-order chi connectivity index (χ0) is 12.3. The summed E-state index contributed by atoms with van der Waals surface area (Å²) in [5.41, 5.74) is 1.59. The molecule has 0 N–H and O–H groups in total. The van der Waals surface area contributed by atoms with Crippen molar-refractivity contribution in [1.29, 1.82) is 0 Å². The van der Waals surface area contributed by atoms with Crippen molar-refractivity contribution in [2.45, 2.75) is 25.1 Å². The quantitative estimate of drug-likeness (QED) is 0.730. The molecule has 0 fully saturated rings. The van der Waals surface area contributed by atoms with Crippen LogP contribution in [0.3, 0.4) is 0 Å². The molecule has 0 spiro atoms. The van der Waals surface area contributed by atoms with Crippen LogP contribution in [0.15, 0.2) is 41.0 Å². The van der Waals surface area contributed by atoms with Gasteiger partial charge in [-0.1, -0.05) is 25.1 Å². The van der Waals surface area contributed by atoms with Gasteiger partial charge in [0.05, 0.1) is 11.6 Å². The lowest BCUT2D eigenvalue weighted by atomic mass is 10.0. The minimum Gasteiger partial charge on any atom is -0.469 e. The molecule has 1 heterocycles. The van der Waals surface area contributed by atoms with Crippen LogP contribution in [-0.2, 0) is 12.8 Å². The second-order valence-electron chi connectivity index (χ2n) is 3.92. The molecule has 1 nitrogen and oxygen atoms in total. The number of rotatable bonds is 4. The highest BCUT2D eigenvalue weighted by Crippen LogP contribution is 2.29. The number of hydrogen-bond acceptors (Lipinski definition) is 1. The molecule has 3 heteroatoms. The van der Waals surface area contributed by atoms with E-state index < -0.39 is 0 Å². The van der Waals surface area contributed by atoms with Crippen LogP contribution in [0, 0.1) is 5.82 Å². The van der Waals surface area contributed by atoms with Crippen LogP contribution in [0.5, 0.6) is 0 Å². The largest absolute Gasteiger partial charge is 0.469 e. The first kappa shape index (κ1) is 12.2. The Labute approximate surface area is 105 Å². The monoisotopic (exact) mass is 252 g/mol. The third-order valence-electron chi connectivity index (χ3n) is 2.80. The van der Waals surface area contributed by atoms with Crippen LogP contribution in [0.2, 0.25) is 0 Å². The Morgan fingerprint density at radius 3 is 2.76 bits per heavy atom. The van der Waals surface area contributed by atoms with Gasteiger partial charge in [-0.2, -0.15) is 0 Å². The van der Waals surface area contributed by atoms with Crippen molar-refractivity contribution >= 4 is 11.6 Å². The summed E-state index contributed by atoms with van der Waals surface area (Å²) in [5.74, 6) is 0.668. The van der Waals surface area contributed by atoms with E-state index in [1.807, 2.05) is 19.1 Å². The van der Waals surface area contributed by atoms with Crippen LogP contribution < -0.4 is 0 Å². The fourth-order valence-electron chi connectivity index (χ4n) is 1.88. The van der Waals surface area contributed by atoms with Gasteiger partial charge in [-0.05, 0) is 24.1 Å². The van der Waals surface area contributed by atoms with Gasteiger partial charge >= 0.3 is 0 Å². The summed E-state index contributed by atoms with van der Waals surface area (Å²) in [4.78, 5) is 0. The molecule has 17 heavy (non-hydrogen) atoms. The van der Waals surface area contributed by atoms with Gasteiger partial charge in [0.25, 0.3) is 0 Å². The van der Waals surface area contributed by atoms with Gasteiger partial charge in [-0.15, -0.1) is 11.6 Å². The fourth-order valence-corrected chi connectivity index (χ4v) is 2.24. The maximum absolute atomic E-state index is 13.5. The summed E-state index contributed by atoms with van der Waals surface area (Å²) >= 11 is 6.31. The molecule has 1 aromatic carbocycles. The van der Waals surface area contributed by atoms with Gasteiger partial charge in [0, 0.05) is 12.0 Å². The van der Waals surface area contributed by atoms with Gasteiger partial charge in [-0.25, -0.2) is 4.39 Å².